The van der Waals surface area contributed by atoms with E-state index in [-0.39, 0.29) is 5.91 Å². The van der Waals surface area contributed by atoms with E-state index in [0.717, 1.165) is 21.5 Å². The summed E-state index contributed by atoms with van der Waals surface area (Å²) in [5.74, 6) is 0.715. The van der Waals surface area contributed by atoms with E-state index in [2.05, 4.69) is 24.8 Å². The summed E-state index contributed by atoms with van der Waals surface area (Å²) in [6, 6.07) is 3.84. The van der Waals surface area contributed by atoms with Crippen LogP contribution in [0.3, 0.4) is 0 Å². The van der Waals surface area contributed by atoms with Gasteiger partial charge in [0.15, 0.2) is 0 Å². The first-order valence-corrected chi connectivity index (χ1v) is 10.7. The number of hydrogen-bond acceptors (Lipinski definition) is 7. The Morgan fingerprint density at radius 1 is 1.17 bits per heavy atom. The Bertz CT molecular complexity index is 1090. The Morgan fingerprint density at radius 3 is 2.53 bits per heavy atom. The van der Waals surface area contributed by atoms with E-state index in [0.29, 0.717) is 42.7 Å². The highest BCUT2D eigenvalue weighted by Gasteiger charge is 2.28. The van der Waals surface area contributed by atoms with E-state index in [1.807, 2.05) is 43.8 Å². The lowest BCUT2D eigenvalue weighted by Crippen LogP contribution is -2.49. The predicted octanol–water partition coefficient (Wildman–Crippen LogP) is 2.89. The van der Waals surface area contributed by atoms with E-state index >= 15 is 0 Å². The second kappa shape index (κ2) is 8.35. The molecule has 0 spiro atoms. The number of hydrogen-bond donors (Lipinski definition) is 0. The lowest BCUT2D eigenvalue weighted by Gasteiger charge is -2.34. The summed E-state index contributed by atoms with van der Waals surface area (Å²) in [6.07, 6.45) is 5.22. The molecule has 0 unspecified atom stereocenters. The van der Waals surface area contributed by atoms with Crippen molar-refractivity contribution in [3.63, 3.8) is 0 Å². The number of anilines is 1. The molecule has 1 aliphatic rings. The fraction of sp³-hybridized carbons (Fsp3) is 0.381. The second-order valence-electron chi connectivity index (χ2n) is 7.58. The van der Waals surface area contributed by atoms with Crippen molar-refractivity contribution in [2.75, 3.05) is 45.2 Å². The number of piperazine rings is 1. The molecule has 4 rings (SSSR count). The van der Waals surface area contributed by atoms with Crippen molar-refractivity contribution in [1.29, 1.82) is 0 Å². The van der Waals surface area contributed by atoms with Crippen LogP contribution in [-0.2, 0) is 0 Å². The quantitative estimate of drug-likeness (QED) is 0.474. The van der Waals surface area contributed by atoms with E-state index < -0.39 is 0 Å². The van der Waals surface area contributed by atoms with Gasteiger partial charge >= 0.3 is 0 Å². The molecule has 1 fully saturated rings. The maximum absolute atomic E-state index is 13.4. The van der Waals surface area contributed by atoms with E-state index in [1.165, 1.54) is 11.3 Å². The van der Waals surface area contributed by atoms with Gasteiger partial charge in [-0.05, 0) is 31.5 Å². The van der Waals surface area contributed by atoms with E-state index in [9.17, 15) is 4.79 Å². The number of carbonyl (C=O) groups is 1. The summed E-state index contributed by atoms with van der Waals surface area (Å²) in [7, 11) is 3.83. The van der Waals surface area contributed by atoms with Crippen LogP contribution >= 0.6 is 11.3 Å². The van der Waals surface area contributed by atoms with Crippen LogP contribution in [0.4, 0.5) is 11.6 Å². The molecule has 156 valence electrons. The smallest absolute Gasteiger partial charge is 0.266 e. The summed E-state index contributed by atoms with van der Waals surface area (Å²) < 4.78 is 0. The maximum Gasteiger partial charge on any atom is 0.266 e. The fourth-order valence-electron chi connectivity index (χ4n) is 3.57. The Morgan fingerprint density at radius 2 is 1.87 bits per heavy atom. The molecule has 9 heteroatoms. The zero-order valence-electron chi connectivity index (χ0n) is 17.7. The van der Waals surface area contributed by atoms with Crippen LogP contribution in [0.25, 0.3) is 10.2 Å². The molecule has 0 saturated carbocycles. The first kappa shape index (κ1) is 20.2. The third-order valence-corrected chi connectivity index (χ3v) is 6.04. The molecule has 0 radical (unpaired) electrons. The summed E-state index contributed by atoms with van der Waals surface area (Å²) in [5.41, 5.74) is 2.75. The predicted molar refractivity (Wildman–Crippen MR) is 121 cm³/mol. The maximum atomic E-state index is 13.4. The minimum absolute atomic E-state index is 0.00888. The van der Waals surface area contributed by atoms with Gasteiger partial charge in [-0.2, -0.15) is 0 Å². The average Bonchev–Trinajstić information content (AvgIpc) is 3.11. The minimum atomic E-state index is 0.00888. The van der Waals surface area contributed by atoms with Crippen LogP contribution in [-0.4, -0.2) is 77.3 Å². The normalized spacial score (nSPS) is 14.7. The lowest BCUT2D eigenvalue weighted by atomic mass is 10.1. The first-order valence-electron chi connectivity index (χ1n) is 9.86. The Kier molecular flexibility index (Phi) is 5.63. The molecule has 1 saturated heterocycles. The molecule has 0 atom stereocenters. The number of aryl methyl sites for hydroxylation is 2. The number of amides is 1. The highest BCUT2D eigenvalue weighted by Crippen LogP contribution is 2.40. The van der Waals surface area contributed by atoms with Crippen molar-refractivity contribution in [3.8, 4) is 0 Å². The summed E-state index contributed by atoms with van der Waals surface area (Å²) >= 11 is 1.43. The molecular weight excluding hydrogens is 398 g/mol. The number of carbonyl (C=O) groups excluding carboxylic acids is 1. The van der Waals surface area contributed by atoms with E-state index in [4.69, 9.17) is 0 Å². The van der Waals surface area contributed by atoms with Crippen molar-refractivity contribution >= 4 is 45.4 Å². The van der Waals surface area contributed by atoms with Crippen molar-refractivity contribution in [3.05, 3.63) is 40.7 Å². The van der Waals surface area contributed by atoms with Gasteiger partial charge in [-0.25, -0.2) is 19.9 Å². The Balaban J connectivity index is 1.63. The molecule has 1 amide bonds. The standard InChI is InChI=1S/C21H25N7OS/c1-14-12-15(2)25-19-16(14)17(24-13-26(3)4)18(30-19)20(29)27-8-10-28(11-9-27)21-22-6-5-7-23-21/h5-7,12-13H,8-11H2,1-4H3. The zero-order chi connectivity index (χ0) is 21.3. The number of rotatable bonds is 4. The lowest BCUT2D eigenvalue weighted by molar-refractivity contribution is 0.0752. The van der Waals surface area contributed by atoms with Crippen LogP contribution in [0.1, 0.15) is 20.9 Å². The molecular formula is C21H25N7OS. The van der Waals surface area contributed by atoms with Crippen molar-refractivity contribution in [2.24, 2.45) is 4.99 Å². The minimum Gasteiger partial charge on any atom is -0.369 e. The fourth-order valence-corrected chi connectivity index (χ4v) is 4.78. The van der Waals surface area contributed by atoms with Gasteiger partial charge in [0.05, 0.1) is 12.0 Å². The molecule has 30 heavy (non-hydrogen) atoms. The highest BCUT2D eigenvalue weighted by molar-refractivity contribution is 7.21. The van der Waals surface area contributed by atoms with Gasteiger partial charge in [0.25, 0.3) is 5.91 Å². The molecule has 0 N–H and O–H groups in total. The molecule has 0 aromatic carbocycles. The summed E-state index contributed by atoms with van der Waals surface area (Å²) in [4.78, 5) is 38.8. The van der Waals surface area contributed by atoms with Gasteiger partial charge < -0.3 is 14.7 Å². The third kappa shape index (κ3) is 3.97. The highest BCUT2D eigenvalue weighted by atomic mass is 32.1. The first-order chi connectivity index (χ1) is 14.4. The van der Waals surface area contributed by atoms with Gasteiger partial charge in [-0.15, -0.1) is 11.3 Å². The largest absolute Gasteiger partial charge is 0.369 e. The third-order valence-electron chi connectivity index (χ3n) is 4.98. The van der Waals surface area contributed by atoms with Gasteiger partial charge in [0, 0.05) is 63.7 Å². The van der Waals surface area contributed by atoms with E-state index in [1.54, 1.807) is 24.8 Å². The van der Waals surface area contributed by atoms with Crippen LogP contribution in [0, 0.1) is 13.8 Å². The van der Waals surface area contributed by atoms with Gasteiger partial charge in [0.2, 0.25) is 5.95 Å². The van der Waals surface area contributed by atoms with Crippen molar-refractivity contribution in [2.45, 2.75) is 13.8 Å². The molecule has 0 bridgehead atoms. The second-order valence-corrected chi connectivity index (χ2v) is 8.58. The molecule has 8 nitrogen and oxygen atoms in total. The molecule has 0 aliphatic carbocycles. The summed E-state index contributed by atoms with van der Waals surface area (Å²) in [5, 5.41) is 0.961. The van der Waals surface area contributed by atoms with Crippen LogP contribution in [0.5, 0.6) is 0 Å². The topological polar surface area (TPSA) is 77.8 Å². The zero-order valence-corrected chi connectivity index (χ0v) is 18.5. The number of nitrogens with zero attached hydrogens (tertiary/aromatic N) is 7. The van der Waals surface area contributed by atoms with Gasteiger partial charge in [-0.3, -0.25) is 4.79 Å². The molecule has 3 aromatic heterocycles. The number of pyridine rings is 1. The van der Waals surface area contributed by atoms with Gasteiger partial charge in [0.1, 0.15) is 9.71 Å². The Labute approximate surface area is 179 Å². The van der Waals surface area contributed by atoms with Crippen LogP contribution in [0.15, 0.2) is 29.5 Å². The number of aliphatic imine (C=N–C) groups is 1. The molecule has 1 aliphatic heterocycles. The average molecular weight is 424 g/mol. The van der Waals surface area contributed by atoms with Crippen LogP contribution in [0.2, 0.25) is 0 Å². The monoisotopic (exact) mass is 423 g/mol. The van der Waals surface area contributed by atoms with Crippen molar-refractivity contribution < 1.29 is 4.79 Å². The summed E-state index contributed by atoms with van der Waals surface area (Å²) in [6.45, 7) is 6.66. The number of fused-ring (bicyclic) bond motifs is 1. The Hall–Kier alpha value is -3.07. The molecule has 3 aromatic rings. The molecule has 4 heterocycles. The van der Waals surface area contributed by atoms with Crippen LogP contribution < -0.4 is 4.90 Å². The number of thiophene rings is 1. The van der Waals surface area contributed by atoms with Gasteiger partial charge in [-0.1, -0.05) is 0 Å². The number of aromatic nitrogens is 3. The van der Waals surface area contributed by atoms with Crippen molar-refractivity contribution in [1.82, 2.24) is 24.8 Å². The SMILES string of the molecule is Cc1cc(C)c2c(N=CN(C)C)c(C(=O)N3CCN(c4ncccn4)CC3)sc2n1.